The van der Waals surface area contributed by atoms with Crippen molar-refractivity contribution < 1.29 is 13.2 Å². The van der Waals surface area contributed by atoms with Gasteiger partial charge in [-0.1, -0.05) is 0 Å². The predicted octanol–water partition coefficient (Wildman–Crippen LogP) is 2.23. The van der Waals surface area contributed by atoms with Crippen LogP contribution in [-0.4, -0.2) is 52.5 Å². The van der Waals surface area contributed by atoms with Crippen LogP contribution in [0.1, 0.15) is 6.92 Å². The summed E-state index contributed by atoms with van der Waals surface area (Å²) >= 11 is 0. The molecule has 6 nitrogen and oxygen atoms in total. The average Bonchev–Trinajstić information content (AvgIpc) is 2.62. The first-order valence-electron chi connectivity index (χ1n) is 8.52. The second kappa shape index (κ2) is 7.47. The van der Waals surface area contributed by atoms with Crippen LogP contribution < -0.4 is 10.2 Å². The molecule has 3 rings (SSSR count). The number of carbonyl (C=O) groups excluding carboxylic acids is 1. The minimum absolute atomic E-state index is 0.194. The number of hydrogen-bond donors (Lipinski definition) is 1. The van der Waals surface area contributed by atoms with Crippen LogP contribution in [0, 0.1) is 0 Å². The molecule has 0 aromatic heterocycles. The Morgan fingerprint density at radius 1 is 0.885 bits per heavy atom. The lowest BCUT2D eigenvalue weighted by atomic mass is 10.2. The fraction of sp³-hybridized carbons (Fsp3) is 0.316. The molecule has 7 heteroatoms. The molecular formula is C19H23N3O3S. The number of nitrogens with zero attached hydrogens (tertiary/aromatic N) is 2. The molecule has 0 radical (unpaired) electrons. The minimum Gasteiger partial charge on any atom is -0.369 e. The third kappa shape index (κ3) is 4.05. The quantitative estimate of drug-likeness (QED) is 0.890. The molecule has 2 aromatic carbocycles. The van der Waals surface area contributed by atoms with Crippen molar-refractivity contribution in [1.29, 1.82) is 0 Å². The van der Waals surface area contributed by atoms with Crippen molar-refractivity contribution in [3.63, 3.8) is 0 Å². The molecule has 138 valence electrons. The highest BCUT2D eigenvalue weighted by molar-refractivity contribution is 7.91. The number of piperazine rings is 1. The average molecular weight is 373 g/mol. The van der Waals surface area contributed by atoms with Gasteiger partial charge in [0.1, 0.15) is 0 Å². The number of amides is 1. The molecule has 0 unspecified atom stereocenters. The monoisotopic (exact) mass is 373 g/mol. The summed E-state index contributed by atoms with van der Waals surface area (Å²) in [6, 6.07) is 13.2. The summed E-state index contributed by atoms with van der Waals surface area (Å²) in [6.07, 6.45) is 0. The second-order valence-corrected chi connectivity index (χ2v) is 8.44. The van der Waals surface area contributed by atoms with Crippen LogP contribution in [0.2, 0.25) is 0 Å². The van der Waals surface area contributed by atoms with E-state index < -0.39 is 9.84 Å². The van der Waals surface area contributed by atoms with Gasteiger partial charge in [0.15, 0.2) is 0 Å². The van der Waals surface area contributed by atoms with Gasteiger partial charge in [-0.3, -0.25) is 4.79 Å². The highest BCUT2D eigenvalue weighted by Gasteiger charge is 2.19. The van der Waals surface area contributed by atoms with Gasteiger partial charge in [0.25, 0.3) is 0 Å². The smallest absolute Gasteiger partial charge is 0.221 e. The molecule has 0 saturated carbocycles. The SMILES string of the molecule is CC(=O)Nc1ccc(S(=O)(=O)c2ccc(N3CCN(C)CC3)cc2)cc1. The van der Waals surface area contributed by atoms with E-state index in [1.165, 1.54) is 19.1 Å². The molecule has 26 heavy (non-hydrogen) atoms. The van der Waals surface area contributed by atoms with Gasteiger partial charge in [-0.2, -0.15) is 0 Å². The lowest BCUT2D eigenvalue weighted by molar-refractivity contribution is -0.114. The molecule has 0 aliphatic carbocycles. The van der Waals surface area contributed by atoms with Crippen molar-refractivity contribution >= 4 is 27.1 Å². The molecule has 1 heterocycles. The second-order valence-electron chi connectivity index (χ2n) is 6.49. The van der Waals surface area contributed by atoms with Crippen LogP contribution in [0.25, 0.3) is 0 Å². The molecule has 1 aliphatic heterocycles. The van der Waals surface area contributed by atoms with Gasteiger partial charge in [0.2, 0.25) is 15.7 Å². The van der Waals surface area contributed by atoms with E-state index in [-0.39, 0.29) is 15.7 Å². The van der Waals surface area contributed by atoms with Crippen LogP contribution in [0.15, 0.2) is 58.3 Å². The number of nitrogens with one attached hydrogen (secondary N) is 1. The highest BCUT2D eigenvalue weighted by Crippen LogP contribution is 2.25. The van der Waals surface area contributed by atoms with Crippen molar-refractivity contribution in [2.45, 2.75) is 16.7 Å². The van der Waals surface area contributed by atoms with E-state index in [1.807, 2.05) is 12.1 Å². The van der Waals surface area contributed by atoms with Crippen LogP contribution >= 0.6 is 0 Å². The summed E-state index contributed by atoms with van der Waals surface area (Å²) in [6.45, 7) is 5.29. The third-order valence-corrected chi connectivity index (χ3v) is 6.29. The Morgan fingerprint density at radius 3 is 1.88 bits per heavy atom. The fourth-order valence-electron chi connectivity index (χ4n) is 2.96. The van der Waals surface area contributed by atoms with Gasteiger partial charge in [-0.05, 0) is 55.6 Å². The molecule has 1 saturated heterocycles. The molecule has 1 N–H and O–H groups in total. The van der Waals surface area contributed by atoms with Crippen molar-refractivity contribution in [1.82, 2.24) is 4.90 Å². The minimum atomic E-state index is -3.58. The number of hydrogen-bond acceptors (Lipinski definition) is 5. The van der Waals surface area contributed by atoms with E-state index in [1.54, 1.807) is 24.3 Å². The van der Waals surface area contributed by atoms with Crippen molar-refractivity contribution in [3.8, 4) is 0 Å². The van der Waals surface area contributed by atoms with Gasteiger partial charge in [0.05, 0.1) is 9.79 Å². The number of carbonyl (C=O) groups is 1. The maximum atomic E-state index is 12.8. The molecule has 0 spiro atoms. The van der Waals surface area contributed by atoms with Crippen LogP contribution in [-0.2, 0) is 14.6 Å². The summed E-state index contributed by atoms with van der Waals surface area (Å²) in [5.74, 6) is -0.194. The molecule has 1 amide bonds. The van der Waals surface area contributed by atoms with Gasteiger partial charge in [-0.15, -0.1) is 0 Å². The molecule has 1 fully saturated rings. The Hall–Kier alpha value is -2.38. The summed E-state index contributed by atoms with van der Waals surface area (Å²) in [4.78, 5) is 16.1. The standard InChI is InChI=1S/C19H23N3O3S/c1-15(23)20-16-3-7-18(8-4-16)26(24,25)19-9-5-17(6-10-19)22-13-11-21(2)12-14-22/h3-10H,11-14H2,1-2H3,(H,20,23). The van der Waals surface area contributed by atoms with Crippen LogP contribution in [0.3, 0.4) is 0 Å². The first-order chi connectivity index (χ1) is 12.4. The molecule has 0 atom stereocenters. The first kappa shape index (κ1) is 18.4. The normalized spacial score (nSPS) is 15.7. The largest absolute Gasteiger partial charge is 0.369 e. The predicted molar refractivity (Wildman–Crippen MR) is 102 cm³/mol. The third-order valence-electron chi connectivity index (χ3n) is 4.50. The van der Waals surface area contributed by atoms with Gasteiger partial charge in [-0.25, -0.2) is 8.42 Å². The molecular weight excluding hydrogens is 350 g/mol. The highest BCUT2D eigenvalue weighted by atomic mass is 32.2. The number of anilines is 2. The summed E-state index contributed by atoms with van der Waals surface area (Å²) in [5, 5.41) is 2.63. The Kier molecular flexibility index (Phi) is 5.29. The van der Waals surface area contributed by atoms with E-state index in [0.717, 1.165) is 31.9 Å². The topological polar surface area (TPSA) is 69.7 Å². The molecule has 1 aliphatic rings. The van der Waals surface area contributed by atoms with Crippen molar-refractivity contribution in [3.05, 3.63) is 48.5 Å². The van der Waals surface area contributed by atoms with Crippen molar-refractivity contribution in [2.75, 3.05) is 43.4 Å². The lowest BCUT2D eigenvalue weighted by Crippen LogP contribution is -2.44. The maximum absolute atomic E-state index is 12.8. The zero-order chi connectivity index (χ0) is 18.7. The zero-order valence-corrected chi connectivity index (χ0v) is 15.8. The molecule has 0 bridgehead atoms. The van der Waals surface area contributed by atoms with Gasteiger partial charge in [0, 0.05) is 44.5 Å². The Morgan fingerprint density at radius 2 is 1.38 bits per heavy atom. The van der Waals surface area contributed by atoms with Crippen LogP contribution in [0.5, 0.6) is 0 Å². The van der Waals surface area contributed by atoms with E-state index in [2.05, 4.69) is 22.2 Å². The number of sulfone groups is 1. The van der Waals surface area contributed by atoms with Gasteiger partial charge < -0.3 is 15.1 Å². The van der Waals surface area contributed by atoms with E-state index in [4.69, 9.17) is 0 Å². The number of benzene rings is 2. The summed E-state index contributed by atoms with van der Waals surface area (Å²) in [5.41, 5.74) is 1.61. The van der Waals surface area contributed by atoms with Crippen molar-refractivity contribution in [2.24, 2.45) is 0 Å². The van der Waals surface area contributed by atoms with Gasteiger partial charge >= 0.3 is 0 Å². The lowest BCUT2D eigenvalue weighted by Gasteiger charge is -2.34. The summed E-state index contributed by atoms with van der Waals surface area (Å²) in [7, 11) is -1.48. The Balaban J connectivity index is 1.78. The van der Waals surface area contributed by atoms with Crippen LogP contribution in [0.4, 0.5) is 11.4 Å². The Bertz CT molecular complexity index is 869. The molecule has 2 aromatic rings. The fourth-order valence-corrected chi connectivity index (χ4v) is 4.22. The number of rotatable bonds is 4. The maximum Gasteiger partial charge on any atom is 0.221 e. The number of likely N-dealkylation sites (N-methyl/N-ethyl adjacent to an activating group) is 1. The Labute approximate surface area is 154 Å². The van der Waals surface area contributed by atoms with E-state index in [0.29, 0.717) is 5.69 Å². The first-order valence-corrected chi connectivity index (χ1v) is 10.0. The zero-order valence-electron chi connectivity index (χ0n) is 15.0. The van der Waals surface area contributed by atoms with E-state index in [9.17, 15) is 13.2 Å². The summed E-state index contributed by atoms with van der Waals surface area (Å²) < 4.78 is 25.6. The van der Waals surface area contributed by atoms with E-state index >= 15 is 0 Å².